The van der Waals surface area contributed by atoms with Crippen LogP contribution in [0.2, 0.25) is 0 Å². The molecule has 9 heavy (non-hydrogen) atoms. The summed E-state index contributed by atoms with van der Waals surface area (Å²) in [5.41, 5.74) is 5.57. The third-order valence-corrected chi connectivity index (χ3v) is 1.68. The van der Waals surface area contributed by atoms with Gasteiger partial charge in [-0.3, -0.25) is 0 Å². The first-order chi connectivity index (χ1) is 4.47. The standard InChI is InChI=1S/C6H9N3/c1-2-7-4-6-5(1)3-8-9-6/h3,7,9H,1-2,4H2/q+1. The van der Waals surface area contributed by atoms with Gasteiger partial charge in [-0.25, -0.2) is 0 Å². The van der Waals surface area contributed by atoms with Gasteiger partial charge in [0.1, 0.15) is 5.70 Å². The van der Waals surface area contributed by atoms with Gasteiger partial charge in [0.05, 0.1) is 5.57 Å². The number of hydrogen-bond acceptors (Lipinski definition) is 3. The van der Waals surface area contributed by atoms with Crippen LogP contribution in [0.15, 0.2) is 11.3 Å². The van der Waals surface area contributed by atoms with E-state index in [1.807, 2.05) is 6.21 Å². The minimum atomic E-state index is 0.954. The van der Waals surface area contributed by atoms with Gasteiger partial charge < -0.3 is 5.32 Å². The highest BCUT2D eigenvalue weighted by atomic mass is 15.3. The molecule has 0 amide bonds. The minimum Gasteiger partial charge on any atom is -0.311 e. The Kier molecular flexibility index (Phi) is 1.02. The van der Waals surface area contributed by atoms with E-state index in [1.165, 1.54) is 11.3 Å². The van der Waals surface area contributed by atoms with Crippen LogP contribution < -0.4 is 15.8 Å². The van der Waals surface area contributed by atoms with Crippen molar-refractivity contribution in [3.8, 4) is 0 Å². The first kappa shape index (κ1) is 4.99. The molecule has 0 spiro atoms. The van der Waals surface area contributed by atoms with Gasteiger partial charge in [-0.15, -0.1) is 5.43 Å². The van der Waals surface area contributed by atoms with Gasteiger partial charge in [0, 0.05) is 6.54 Å². The number of rotatable bonds is 0. The normalized spacial score (nSPS) is 24.0. The van der Waals surface area contributed by atoms with E-state index in [2.05, 4.69) is 15.8 Å². The maximum absolute atomic E-state index is 3.94. The van der Waals surface area contributed by atoms with Gasteiger partial charge in [-0.2, -0.15) is 0 Å². The van der Waals surface area contributed by atoms with Crippen LogP contribution in [0.25, 0.3) is 0 Å². The number of nitrogens with zero attached hydrogens (tertiary/aromatic N) is 1. The lowest BCUT2D eigenvalue weighted by atomic mass is 10.1. The summed E-state index contributed by atoms with van der Waals surface area (Å²) in [4.78, 5) is 0. The number of hydrazone groups is 1. The van der Waals surface area contributed by atoms with E-state index in [0.29, 0.717) is 0 Å². The van der Waals surface area contributed by atoms with E-state index >= 15 is 0 Å². The van der Waals surface area contributed by atoms with Crippen molar-refractivity contribution in [1.29, 1.82) is 0 Å². The van der Waals surface area contributed by atoms with Crippen LogP contribution in [0.5, 0.6) is 0 Å². The smallest absolute Gasteiger partial charge is 0.280 e. The number of hydrogen-bond donors (Lipinski definition) is 2. The zero-order valence-corrected chi connectivity index (χ0v) is 5.15. The van der Waals surface area contributed by atoms with Crippen LogP contribution >= 0.6 is 0 Å². The minimum absolute atomic E-state index is 0.954. The van der Waals surface area contributed by atoms with Gasteiger partial charge in [0.15, 0.2) is 5.10 Å². The molecule has 3 nitrogen and oxygen atoms in total. The van der Waals surface area contributed by atoms with Crippen molar-refractivity contribution in [2.24, 2.45) is 0 Å². The van der Waals surface area contributed by atoms with Gasteiger partial charge in [0.2, 0.25) is 0 Å². The highest BCUT2D eigenvalue weighted by Gasteiger charge is 2.20. The third-order valence-electron chi connectivity index (χ3n) is 1.68. The molecular weight excluding hydrogens is 114 g/mol. The Labute approximate surface area is 53.8 Å². The molecule has 0 aromatic heterocycles. The fourth-order valence-corrected chi connectivity index (χ4v) is 1.14. The van der Waals surface area contributed by atoms with E-state index in [0.717, 1.165) is 19.5 Å². The summed E-state index contributed by atoms with van der Waals surface area (Å²) in [6, 6.07) is 0. The second-order valence-electron chi connectivity index (χ2n) is 2.30. The van der Waals surface area contributed by atoms with E-state index in [4.69, 9.17) is 0 Å². The molecule has 2 N–H and O–H groups in total. The summed E-state index contributed by atoms with van der Waals surface area (Å²) in [5.74, 6) is 0. The molecule has 1 radical (unpaired) electrons. The molecule has 0 aliphatic carbocycles. The van der Waals surface area contributed by atoms with Crippen molar-refractivity contribution in [2.75, 3.05) is 13.1 Å². The molecule has 2 heterocycles. The molecule has 0 aromatic rings. The molecule has 2 aliphatic rings. The lowest BCUT2D eigenvalue weighted by Crippen LogP contribution is -2.28. The molecule has 3 heteroatoms. The quantitative estimate of drug-likeness (QED) is 0.440. The van der Waals surface area contributed by atoms with Gasteiger partial charge in [-0.05, 0) is 13.0 Å². The Morgan fingerprint density at radius 2 is 2.56 bits per heavy atom. The number of nitrogens with one attached hydrogen (secondary N) is 2. The highest BCUT2D eigenvalue weighted by Crippen LogP contribution is 2.08. The molecular formula is C6H9N3+. The molecule has 2 aliphatic heterocycles. The molecule has 2 rings (SSSR count). The van der Waals surface area contributed by atoms with Crippen molar-refractivity contribution in [3.63, 3.8) is 0 Å². The lowest BCUT2D eigenvalue weighted by molar-refractivity contribution is 0.650. The fraction of sp³-hybridized carbons (Fsp3) is 0.500. The maximum atomic E-state index is 3.94. The largest absolute Gasteiger partial charge is 0.311 e. The Balaban J connectivity index is 2.24. The second kappa shape index (κ2) is 1.84. The van der Waals surface area contributed by atoms with Crippen LogP contribution in [-0.2, 0) is 0 Å². The molecule has 47 valence electrons. The topological polar surface area (TPSA) is 38.2 Å². The summed E-state index contributed by atoms with van der Waals surface area (Å²) in [5, 5.41) is 7.19. The first-order valence-corrected chi connectivity index (χ1v) is 3.18. The summed E-state index contributed by atoms with van der Waals surface area (Å²) in [6.07, 6.45) is 3.03. The SMILES string of the molecule is C1=[N+]NC2=C1CCNC2. The van der Waals surface area contributed by atoms with E-state index < -0.39 is 0 Å². The summed E-state index contributed by atoms with van der Waals surface area (Å²) >= 11 is 0. The Bertz CT molecular complexity index is 181. The average Bonchev–Trinajstić information content (AvgIpc) is 2.33. The molecule has 0 aromatic carbocycles. The predicted octanol–water partition coefficient (Wildman–Crippen LogP) is -0.841. The molecule has 0 fully saturated rings. The first-order valence-electron chi connectivity index (χ1n) is 3.18. The van der Waals surface area contributed by atoms with Crippen LogP contribution in [0.3, 0.4) is 0 Å². The van der Waals surface area contributed by atoms with Crippen molar-refractivity contribution in [1.82, 2.24) is 15.8 Å². The summed E-state index contributed by atoms with van der Waals surface area (Å²) in [6.45, 7) is 2.04. The van der Waals surface area contributed by atoms with Crippen LogP contribution in [0, 0.1) is 0 Å². The van der Waals surface area contributed by atoms with Crippen LogP contribution in [0.1, 0.15) is 6.42 Å². The predicted molar refractivity (Wildman–Crippen MR) is 35.8 cm³/mol. The Hall–Kier alpha value is -0.830. The van der Waals surface area contributed by atoms with Crippen LogP contribution in [0.4, 0.5) is 0 Å². The monoisotopic (exact) mass is 123 g/mol. The van der Waals surface area contributed by atoms with Crippen molar-refractivity contribution in [3.05, 3.63) is 11.3 Å². The molecule has 0 atom stereocenters. The van der Waals surface area contributed by atoms with Gasteiger partial charge in [0.25, 0.3) is 6.21 Å². The fourth-order valence-electron chi connectivity index (χ4n) is 1.14. The van der Waals surface area contributed by atoms with Gasteiger partial charge >= 0.3 is 0 Å². The van der Waals surface area contributed by atoms with E-state index in [9.17, 15) is 0 Å². The van der Waals surface area contributed by atoms with E-state index in [1.54, 1.807) is 0 Å². The molecule has 0 saturated carbocycles. The van der Waals surface area contributed by atoms with Crippen molar-refractivity contribution >= 4 is 6.21 Å². The zero-order valence-electron chi connectivity index (χ0n) is 5.15. The molecule has 0 saturated heterocycles. The highest BCUT2D eigenvalue weighted by molar-refractivity contribution is 5.80. The van der Waals surface area contributed by atoms with Crippen LogP contribution in [-0.4, -0.2) is 19.3 Å². The summed E-state index contributed by atoms with van der Waals surface area (Å²) < 4.78 is 0. The molecule has 0 unspecified atom stereocenters. The Morgan fingerprint density at radius 1 is 1.56 bits per heavy atom. The van der Waals surface area contributed by atoms with Crippen molar-refractivity contribution in [2.45, 2.75) is 6.42 Å². The van der Waals surface area contributed by atoms with Gasteiger partial charge in [-0.1, -0.05) is 0 Å². The lowest BCUT2D eigenvalue weighted by Gasteiger charge is -2.09. The van der Waals surface area contributed by atoms with Crippen molar-refractivity contribution < 1.29 is 0 Å². The second-order valence-corrected chi connectivity index (χ2v) is 2.30. The third kappa shape index (κ3) is 0.733. The zero-order chi connectivity index (χ0) is 6.10. The Morgan fingerprint density at radius 3 is 3.44 bits per heavy atom. The average molecular weight is 123 g/mol. The van der Waals surface area contributed by atoms with E-state index in [-0.39, 0.29) is 0 Å². The summed E-state index contributed by atoms with van der Waals surface area (Å²) in [7, 11) is 0. The molecule has 0 bridgehead atoms. The maximum Gasteiger partial charge on any atom is 0.280 e.